The standard InChI is InChI=1S/C22H28N2/c1-17-9-5-7-15-21(17,3)23-19-11-13-20(14-12-19)24-22(4)16-8-6-10-18(22)2/h5-18,23-24H,1-4H3. The summed E-state index contributed by atoms with van der Waals surface area (Å²) in [6, 6.07) is 8.62. The molecule has 0 bridgehead atoms. The zero-order chi connectivity index (χ0) is 17.2. The zero-order valence-corrected chi connectivity index (χ0v) is 15.1. The van der Waals surface area contributed by atoms with Crippen LogP contribution in [0.5, 0.6) is 0 Å². The Labute approximate surface area is 146 Å². The van der Waals surface area contributed by atoms with Crippen molar-refractivity contribution in [2.45, 2.75) is 38.8 Å². The fourth-order valence-electron chi connectivity index (χ4n) is 3.25. The maximum absolute atomic E-state index is 3.67. The summed E-state index contributed by atoms with van der Waals surface area (Å²) in [6.07, 6.45) is 17.5. The number of rotatable bonds is 4. The fourth-order valence-corrected chi connectivity index (χ4v) is 3.25. The third-order valence-corrected chi connectivity index (χ3v) is 5.51. The van der Waals surface area contributed by atoms with E-state index in [0.717, 1.165) is 11.4 Å². The van der Waals surface area contributed by atoms with E-state index in [-0.39, 0.29) is 11.1 Å². The van der Waals surface area contributed by atoms with Crippen LogP contribution in [-0.4, -0.2) is 11.1 Å². The van der Waals surface area contributed by atoms with Crippen molar-refractivity contribution in [3.8, 4) is 0 Å². The van der Waals surface area contributed by atoms with Gasteiger partial charge in [0.2, 0.25) is 0 Å². The molecule has 0 radical (unpaired) electrons. The van der Waals surface area contributed by atoms with Crippen LogP contribution in [0.2, 0.25) is 0 Å². The van der Waals surface area contributed by atoms with Crippen LogP contribution < -0.4 is 10.6 Å². The molecule has 0 aliphatic heterocycles. The highest BCUT2D eigenvalue weighted by atomic mass is 15.0. The van der Waals surface area contributed by atoms with Crippen LogP contribution in [0.4, 0.5) is 11.4 Å². The van der Waals surface area contributed by atoms with Crippen LogP contribution in [0, 0.1) is 11.8 Å². The average molecular weight is 320 g/mol. The molecule has 1 aromatic carbocycles. The van der Waals surface area contributed by atoms with Gasteiger partial charge in [-0.1, -0.05) is 62.5 Å². The minimum absolute atomic E-state index is 0.0406. The van der Waals surface area contributed by atoms with Gasteiger partial charge in [0.25, 0.3) is 0 Å². The maximum Gasteiger partial charge on any atom is 0.0591 e. The molecule has 3 rings (SSSR count). The Morgan fingerprint density at radius 1 is 0.667 bits per heavy atom. The molecule has 0 heterocycles. The molecule has 0 fully saturated rings. The third kappa shape index (κ3) is 3.33. The SMILES string of the molecule is CC1C=CC=CC1(C)Nc1ccc(NC2(C)C=CC=CC2C)cc1. The first-order valence-corrected chi connectivity index (χ1v) is 8.80. The van der Waals surface area contributed by atoms with Gasteiger partial charge in [-0.15, -0.1) is 0 Å². The predicted molar refractivity (Wildman–Crippen MR) is 105 cm³/mol. The van der Waals surface area contributed by atoms with Crippen LogP contribution in [0.15, 0.2) is 72.9 Å². The van der Waals surface area contributed by atoms with Crippen molar-refractivity contribution >= 4 is 11.4 Å². The van der Waals surface area contributed by atoms with Gasteiger partial charge in [-0.05, 0) is 38.1 Å². The first-order valence-electron chi connectivity index (χ1n) is 8.80. The lowest BCUT2D eigenvalue weighted by Crippen LogP contribution is -2.40. The number of hydrogen-bond acceptors (Lipinski definition) is 2. The van der Waals surface area contributed by atoms with E-state index in [4.69, 9.17) is 0 Å². The van der Waals surface area contributed by atoms with Crippen molar-refractivity contribution in [2.75, 3.05) is 10.6 Å². The van der Waals surface area contributed by atoms with Crippen LogP contribution in [-0.2, 0) is 0 Å². The van der Waals surface area contributed by atoms with Crippen molar-refractivity contribution < 1.29 is 0 Å². The molecule has 4 atom stereocenters. The highest BCUT2D eigenvalue weighted by Crippen LogP contribution is 2.31. The molecule has 0 spiro atoms. The van der Waals surface area contributed by atoms with Gasteiger partial charge in [-0.2, -0.15) is 0 Å². The molecule has 0 aromatic heterocycles. The number of hydrogen-bond donors (Lipinski definition) is 2. The smallest absolute Gasteiger partial charge is 0.0591 e. The summed E-state index contributed by atoms with van der Waals surface area (Å²) in [4.78, 5) is 0. The summed E-state index contributed by atoms with van der Waals surface area (Å²) in [5, 5.41) is 7.33. The molecule has 2 heteroatoms. The first-order chi connectivity index (χ1) is 11.4. The lowest BCUT2D eigenvalue weighted by atomic mass is 9.83. The Kier molecular flexibility index (Phi) is 4.40. The summed E-state index contributed by atoms with van der Waals surface area (Å²) in [7, 11) is 0. The van der Waals surface area contributed by atoms with Crippen LogP contribution in [0.1, 0.15) is 27.7 Å². The molecule has 0 saturated heterocycles. The summed E-state index contributed by atoms with van der Waals surface area (Å²) in [5.41, 5.74) is 2.21. The molecule has 126 valence electrons. The van der Waals surface area contributed by atoms with Crippen LogP contribution in [0.3, 0.4) is 0 Å². The summed E-state index contributed by atoms with van der Waals surface area (Å²) in [6.45, 7) is 8.97. The molecule has 1 aromatic rings. The summed E-state index contributed by atoms with van der Waals surface area (Å²) >= 11 is 0. The van der Waals surface area contributed by atoms with E-state index in [1.54, 1.807) is 0 Å². The molecule has 0 amide bonds. The van der Waals surface area contributed by atoms with Gasteiger partial charge in [-0.25, -0.2) is 0 Å². The Morgan fingerprint density at radius 2 is 1.04 bits per heavy atom. The monoisotopic (exact) mass is 320 g/mol. The second kappa shape index (κ2) is 6.35. The summed E-state index contributed by atoms with van der Waals surface area (Å²) in [5.74, 6) is 0.915. The second-order valence-electron chi connectivity index (χ2n) is 7.46. The molecule has 0 saturated carbocycles. The van der Waals surface area contributed by atoms with Gasteiger partial charge < -0.3 is 10.6 Å². The number of benzene rings is 1. The van der Waals surface area contributed by atoms with Crippen molar-refractivity contribution in [1.29, 1.82) is 0 Å². The topological polar surface area (TPSA) is 24.1 Å². The number of allylic oxidation sites excluding steroid dienone is 4. The van der Waals surface area contributed by atoms with Gasteiger partial charge >= 0.3 is 0 Å². The van der Waals surface area contributed by atoms with Crippen LogP contribution >= 0.6 is 0 Å². The Morgan fingerprint density at radius 3 is 1.38 bits per heavy atom. The molecule has 4 unspecified atom stereocenters. The van der Waals surface area contributed by atoms with Gasteiger partial charge in [0.15, 0.2) is 0 Å². The normalized spacial score (nSPS) is 34.3. The highest BCUT2D eigenvalue weighted by molar-refractivity contribution is 5.57. The van der Waals surface area contributed by atoms with Gasteiger partial charge in [0.05, 0.1) is 11.1 Å². The van der Waals surface area contributed by atoms with E-state index in [9.17, 15) is 0 Å². The molecule has 24 heavy (non-hydrogen) atoms. The second-order valence-corrected chi connectivity index (χ2v) is 7.46. The highest BCUT2D eigenvalue weighted by Gasteiger charge is 2.29. The number of anilines is 2. The van der Waals surface area contributed by atoms with E-state index in [1.807, 2.05) is 0 Å². The zero-order valence-electron chi connectivity index (χ0n) is 15.1. The fraction of sp³-hybridized carbons (Fsp3) is 0.364. The molecular weight excluding hydrogens is 292 g/mol. The van der Waals surface area contributed by atoms with Gasteiger partial charge in [0.1, 0.15) is 0 Å². The minimum Gasteiger partial charge on any atom is -0.376 e. The van der Waals surface area contributed by atoms with E-state index in [2.05, 4.69) is 111 Å². The van der Waals surface area contributed by atoms with E-state index < -0.39 is 0 Å². The van der Waals surface area contributed by atoms with Crippen molar-refractivity contribution in [2.24, 2.45) is 11.8 Å². The van der Waals surface area contributed by atoms with Crippen molar-refractivity contribution in [3.05, 3.63) is 72.9 Å². The Hall–Kier alpha value is -2.22. The Balaban J connectivity index is 1.70. The van der Waals surface area contributed by atoms with Gasteiger partial charge in [0, 0.05) is 23.2 Å². The number of nitrogens with one attached hydrogen (secondary N) is 2. The van der Waals surface area contributed by atoms with E-state index in [0.29, 0.717) is 11.8 Å². The average Bonchev–Trinajstić information content (AvgIpc) is 2.55. The largest absolute Gasteiger partial charge is 0.376 e. The molecular formula is C22H28N2. The van der Waals surface area contributed by atoms with Crippen molar-refractivity contribution in [1.82, 2.24) is 0 Å². The summed E-state index contributed by atoms with van der Waals surface area (Å²) < 4.78 is 0. The van der Waals surface area contributed by atoms with E-state index >= 15 is 0 Å². The molecule has 2 N–H and O–H groups in total. The molecule has 2 aliphatic rings. The molecule has 2 aliphatic carbocycles. The maximum atomic E-state index is 3.67. The lowest BCUT2D eigenvalue weighted by molar-refractivity contribution is 0.492. The Bertz CT molecular complexity index is 634. The van der Waals surface area contributed by atoms with Gasteiger partial charge in [-0.3, -0.25) is 0 Å². The lowest BCUT2D eigenvalue weighted by Gasteiger charge is -2.36. The van der Waals surface area contributed by atoms with Crippen molar-refractivity contribution in [3.63, 3.8) is 0 Å². The first kappa shape index (κ1) is 16.6. The van der Waals surface area contributed by atoms with E-state index in [1.165, 1.54) is 0 Å². The minimum atomic E-state index is -0.0406. The molecule has 2 nitrogen and oxygen atoms in total. The van der Waals surface area contributed by atoms with Crippen LogP contribution in [0.25, 0.3) is 0 Å². The quantitative estimate of drug-likeness (QED) is 0.760. The predicted octanol–water partition coefficient (Wildman–Crippen LogP) is 5.55. The third-order valence-electron chi connectivity index (χ3n) is 5.51.